The number of nitrogens with one attached hydrogen (secondary N) is 2. The monoisotopic (exact) mass is 523 g/mol. The minimum atomic E-state index is -1.10. The van der Waals surface area contributed by atoms with Gasteiger partial charge in [-0.15, -0.1) is 0 Å². The lowest BCUT2D eigenvalue weighted by Gasteiger charge is -2.34. The summed E-state index contributed by atoms with van der Waals surface area (Å²) in [6, 6.07) is -3.04. The van der Waals surface area contributed by atoms with E-state index in [1.165, 1.54) is 12.0 Å². The molecule has 1 saturated heterocycles. The Bertz CT molecular complexity index is 902. The lowest BCUT2D eigenvalue weighted by atomic mass is 10.0. The maximum atomic E-state index is 13.4. The van der Waals surface area contributed by atoms with E-state index in [-0.39, 0.29) is 31.2 Å². The van der Waals surface area contributed by atoms with E-state index in [4.69, 9.17) is 9.47 Å². The van der Waals surface area contributed by atoms with E-state index in [2.05, 4.69) is 15.4 Å². The lowest BCUT2D eigenvalue weighted by Crippen LogP contribution is -2.57. The molecule has 2 heterocycles. The van der Waals surface area contributed by atoms with Crippen LogP contribution in [0.1, 0.15) is 80.1 Å². The van der Waals surface area contributed by atoms with Crippen molar-refractivity contribution in [3.05, 3.63) is 12.2 Å². The van der Waals surface area contributed by atoms with E-state index in [9.17, 15) is 24.0 Å². The van der Waals surface area contributed by atoms with Crippen LogP contribution in [0.15, 0.2) is 12.2 Å². The Kier molecular flexibility index (Phi) is 10.1. The van der Waals surface area contributed by atoms with Crippen molar-refractivity contribution >= 4 is 29.8 Å². The van der Waals surface area contributed by atoms with Gasteiger partial charge in [-0.1, -0.05) is 12.2 Å². The van der Waals surface area contributed by atoms with Gasteiger partial charge in [-0.05, 0) is 73.6 Å². The van der Waals surface area contributed by atoms with Gasteiger partial charge in [-0.25, -0.2) is 9.59 Å². The van der Waals surface area contributed by atoms with E-state index in [0.29, 0.717) is 19.3 Å². The second kappa shape index (κ2) is 12.4. The molecule has 0 radical (unpaired) electrons. The van der Waals surface area contributed by atoms with Crippen LogP contribution in [0.4, 0.5) is 4.79 Å². The molecule has 2 rings (SSSR count). The van der Waals surface area contributed by atoms with E-state index < -0.39 is 53.3 Å². The first kappa shape index (κ1) is 30.1. The third-order valence-electron chi connectivity index (χ3n) is 5.85. The highest BCUT2D eigenvalue weighted by molar-refractivity contribution is 5.94. The smallest absolute Gasteiger partial charge is 0.407 e. The van der Waals surface area contributed by atoms with Crippen molar-refractivity contribution in [1.29, 1.82) is 0 Å². The van der Waals surface area contributed by atoms with E-state index in [0.717, 1.165) is 0 Å². The van der Waals surface area contributed by atoms with Crippen LogP contribution in [0.3, 0.4) is 0 Å². The van der Waals surface area contributed by atoms with Crippen molar-refractivity contribution in [3.8, 4) is 0 Å². The first-order valence-electron chi connectivity index (χ1n) is 12.7. The van der Waals surface area contributed by atoms with Gasteiger partial charge in [0.1, 0.15) is 29.3 Å². The topological polar surface area (TPSA) is 140 Å². The largest absolute Gasteiger partial charge is 0.460 e. The van der Waals surface area contributed by atoms with Crippen molar-refractivity contribution < 1.29 is 38.2 Å². The predicted molar refractivity (Wildman–Crippen MR) is 134 cm³/mol. The molecule has 3 amide bonds. The summed E-state index contributed by atoms with van der Waals surface area (Å²) in [6.45, 7) is 10.4. The molecule has 4 atom stereocenters. The zero-order chi connectivity index (χ0) is 28.0. The highest BCUT2D eigenvalue weighted by Crippen LogP contribution is 2.30. The maximum absolute atomic E-state index is 13.4. The number of alkyl carbamates (subject to hydrolysis) is 1. The number of esters is 2. The van der Waals surface area contributed by atoms with Crippen LogP contribution in [0.2, 0.25) is 0 Å². The van der Waals surface area contributed by atoms with Crippen molar-refractivity contribution in [3.63, 3.8) is 0 Å². The van der Waals surface area contributed by atoms with Gasteiger partial charge in [0.25, 0.3) is 0 Å². The first-order chi connectivity index (χ1) is 17.1. The molecule has 37 heavy (non-hydrogen) atoms. The molecule has 0 saturated carbocycles. The number of methoxy groups -OCH3 is 1. The summed E-state index contributed by atoms with van der Waals surface area (Å²) < 4.78 is 15.4. The summed E-state index contributed by atoms with van der Waals surface area (Å²) in [7, 11) is 1.21. The van der Waals surface area contributed by atoms with Crippen LogP contribution >= 0.6 is 0 Å². The van der Waals surface area contributed by atoms with E-state index >= 15 is 0 Å². The Balaban J connectivity index is 2.20. The van der Waals surface area contributed by atoms with Gasteiger partial charge in [0.05, 0.1) is 7.11 Å². The van der Waals surface area contributed by atoms with Crippen molar-refractivity contribution in [2.75, 3.05) is 7.11 Å². The van der Waals surface area contributed by atoms with Crippen LogP contribution < -0.4 is 10.6 Å². The lowest BCUT2D eigenvalue weighted by molar-refractivity contribution is -0.160. The van der Waals surface area contributed by atoms with Gasteiger partial charge in [0.15, 0.2) is 0 Å². The number of fused-ring (bicyclic) bond motifs is 1. The molecule has 0 aliphatic carbocycles. The fourth-order valence-corrected chi connectivity index (χ4v) is 4.34. The SMILES string of the molecule is COC(=O)N[C@H]1C/C=C\C[C@H]2CC[C@@H](C(=O)N[C@H](CCC(=O)OC(C)(C)C)C(=O)OC(C)(C)C)N2C1=O. The van der Waals surface area contributed by atoms with Gasteiger partial charge in [0.2, 0.25) is 11.8 Å². The molecule has 208 valence electrons. The fraction of sp³-hybridized carbons (Fsp3) is 0.731. The first-order valence-corrected chi connectivity index (χ1v) is 12.7. The third kappa shape index (κ3) is 9.36. The second-order valence-corrected chi connectivity index (χ2v) is 11.3. The molecule has 1 fully saturated rings. The molecule has 0 aromatic rings. The average Bonchev–Trinajstić information content (AvgIpc) is 3.17. The van der Waals surface area contributed by atoms with Gasteiger partial charge in [-0.2, -0.15) is 0 Å². The molecule has 2 aliphatic rings. The summed E-state index contributed by atoms with van der Waals surface area (Å²) in [6.07, 6.45) is 4.73. The van der Waals surface area contributed by atoms with Crippen LogP contribution in [0, 0.1) is 0 Å². The predicted octanol–water partition coefficient (Wildman–Crippen LogP) is 2.37. The van der Waals surface area contributed by atoms with Crippen molar-refractivity contribution in [2.24, 2.45) is 0 Å². The van der Waals surface area contributed by atoms with E-state index in [1.807, 2.05) is 12.2 Å². The Hall–Kier alpha value is -3.11. The quantitative estimate of drug-likeness (QED) is 0.294. The molecule has 0 unspecified atom stereocenters. The highest BCUT2D eigenvalue weighted by atomic mass is 16.6. The molecule has 2 aliphatic heterocycles. The minimum Gasteiger partial charge on any atom is -0.460 e. The number of rotatable bonds is 7. The summed E-state index contributed by atoms with van der Waals surface area (Å²) >= 11 is 0. The van der Waals surface area contributed by atoms with Crippen LogP contribution in [0.5, 0.6) is 0 Å². The average molecular weight is 524 g/mol. The van der Waals surface area contributed by atoms with Gasteiger partial charge in [0, 0.05) is 12.5 Å². The molecule has 2 N–H and O–H groups in total. The van der Waals surface area contributed by atoms with E-state index in [1.54, 1.807) is 41.5 Å². The Labute approximate surface area is 218 Å². The molecular weight excluding hydrogens is 482 g/mol. The number of hydrogen-bond acceptors (Lipinski definition) is 8. The highest BCUT2D eigenvalue weighted by Gasteiger charge is 2.44. The Morgan fingerprint density at radius 2 is 1.62 bits per heavy atom. The zero-order valence-electron chi connectivity index (χ0n) is 22.9. The summed E-state index contributed by atoms with van der Waals surface area (Å²) in [5, 5.41) is 5.24. The Morgan fingerprint density at radius 3 is 2.22 bits per heavy atom. The molecule has 11 nitrogen and oxygen atoms in total. The number of amides is 3. The molecule has 11 heteroatoms. The van der Waals surface area contributed by atoms with Crippen molar-refractivity contribution in [2.45, 2.75) is 115 Å². The standard InChI is InChI=1S/C26H41N3O8/c1-25(2,3)36-20(30)15-13-18(23(33)37-26(4,5)6)27-21(31)19-14-12-16-10-8-9-11-17(22(32)29(16)19)28-24(34)35-7/h8-9,16-19H,10-15H2,1-7H3,(H,27,31)(H,28,34)/b9-8-/t16-,17-,18+,19-/m0/s1. The molecule has 0 spiro atoms. The van der Waals surface area contributed by atoms with Crippen LogP contribution in [-0.2, 0) is 33.4 Å². The molecular formula is C26H41N3O8. The van der Waals surface area contributed by atoms with Crippen molar-refractivity contribution in [1.82, 2.24) is 15.5 Å². The Morgan fingerprint density at radius 1 is 1.00 bits per heavy atom. The fourth-order valence-electron chi connectivity index (χ4n) is 4.34. The third-order valence-corrected chi connectivity index (χ3v) is 5.85. The minimum absolute atomic E-state index is 0.0189. The number of carbonyl (C=O) groups excluding carboxylic acids is 5. The van der Waals surface area contributed by atoms with Gasteiger partial charge >= 0.3 is 18.0 Å². The van der Waals surface area contributed by atoms with Gasteiger partial charge < -0.3 is 29.7 Å². The molecule has 0 bridgehead atoms. The molecule has 0 aromatic carbocycles. The number of hydrogen-bond donors (Lipinski definition) is 2. The number of nitrogens with zero attached hydrogens (tertiary/aromatic N) is 1. The summed E-state index contributed by atoms with van der Waals surface area (Å²) in [5.41, 5.74) is -1.49. The number of carbonyl (C=O) groups is 5. The van der Waals surface area contributed by atoms with Crippen LogP contribution in [-0.4, -0.2) is 77.2 Å². The van der Waals surface area contributed by atoms with Gasteiger partial charge in [-0.3, -0.25) is 14.4 Å². The molecule has 0 aromatic heterocycles. The number of ether oxygens (including phenoxy) is 3. The summed E-state index contributed by atoms with van der Waals surface area (Å²) in [5.74, 6) is -2.08. The van der Waals surface area contributed by atoms with Crippen LogP contribution in [0.25, 0.3) is 0 Å². The zero-order valence-corrected chi connectivity index (χ0v) is 22.9. The maximum Gasteiger partial charge on any atom is 0.407 e. The second-order valence-electron chi connectivity index (χ2n) is 11.3. The normalized spacial score (nSPS) is 23.6. The summed E-state index contributed by atoms with van der Waals surface area (Å²) in [4.78, 5) is 65.3.